The first kappa shape index (κ1) is 23.4. The Labute approximate surface area is 199 Å². The minimum absolute atomic E-state index is 0.0280. The lowest BCUT2D eigenvalue weighted by Gasteiger charge is -2.38. The Morgan fingerprint density at radius 2 is 1.91 bits per heavy atom. The van der Waals surface area contributed by atoms with Gasteiger partial charge in [0.05, 0.1) is 22.8 Å². The lowest BCUT2D eigenvalue weighted by Crippen LogP contribution is -2.48. The molecule has 2 fully saturated rings. The molecule has 0 spiro atoms. The Hall–Kier alpha value is -1.76. The highest BCUT2D eigenvalue weighted by Gasteiger charge is 2.35. The van der Waals surface area contributed by atoms with Gasteiger partial charge in [-0.2, -0.15) is 0 Å². The normalized spacial score (nSPS) is 21.6. The number of carbonyl (C=O) groups excluding carboxylic acids is 1. The SMILES string of the molecule is C[C@@H]1C[C@@H](OCc2c(-c3c(Cl)cccc3Cl)noc2C2CC2)CCN1C(=O)OC(C)(C)C. The van der Waals surface area contributed by atoms with E-state index in [1.165, 1.54) is 0 Å². The number of ether oxygens (including phenoxy) is 2. The van der Waals surface area contributed by atoms with E-state index in [9.17, 15) is 4.79 Å². The van der Waals surface area contributed by atoms with E-state index in [-0.39, 0.29) is 18.2 Å². The monoisotopic (exact) mass is 480 g/mol. The number of nitrogens with zero attached hydrogens (tertiary/aromatic N) is 2. The van der Waals surface area contributed by atoms with Crippen LogP contribution in [0, 0.1) is 0 Å². The second-order valence-electron chi connectivity index (χ2n) is 9.73. The number of hydrogen-bond donors (Lipinski definition) is 0. The van der Waals surface area contributed by atoms with E-state index in [0.717, 1.165) is 37.0 Å². The largest absolute Gasteiger partial charge is 0.444 e. The highest BCUT2D eigenvalue weighted by Crippen LogP contribution is 2.46. The van der Waals surface area contributed by atoms with Crippen LogP contribution in [0.2, 0.25) is 10.0 Å². The van der Waals surface area contributed by atoms with E-state index in [1.807, 2.05) is 33.8 Å². The standard InChI is InChI=1S/C24H30Cl2N2O4/c1-14-12-16(10-11-28(14)23(29)31-24(2,3)4)30-13-17-21(27-32-22(17)15-8-9-15)20-18(25)6-5-7-19(20)26/h5-7,14-16H,8-13H2,1-4H3/t14-,16+/m1/s1. The molecule has 2 aromatic rings. The molecule has 1 aromatic heterocycles. The molecule has 2 atom stereocenters. The minimum atomic E-state index is -0.506. The Morgan fingerprint density at radius 3 is 2.50 bits per heavy atom. The Bertz CT molecular complexity index is 961. The van der Waals surface area contributed by atoms with Gasteiger partial charge in [0, 0.05) is 29.6 Å². The van der Waals surface area contributed by atoms with Gasteiger partial charge in [0.25, 0.3) is 0 Å². The molecule has 6 nitrogen and oxygen atoms in total. The van der Waals surface area contributed by atoms with Crippen molar-refractivity contribution in [3.05, 3.63) is 39.6 Å². The molecule has 2 aliphatic rings. The summed E-state index contributed by atoms with van der Waals surface area (Å²) in [6.45, 7) is 8.64. The van der Waals surface area contributed by atoms with Crippen LogP contribution in [0.15, 0.2) is 22.7 Å². The maximum atomic E-state index is 12.5. The van der Waals surface area contributed by atoms with E-state index in [0.29, 0.717) is 40.4 Å². The summed E-state index contributed by atoms with van der Waals surface area (Å²) in [6.07, 6.45) is 3.42. The summed E-state index contributed by atoms with van der Waals surface area (Å²) in [5, 5.41) is 5.40. The maximum Gasteiger partial charge on any atom is 0.410 e. The smallest absolute Gasteiger partial charge is 0.410 e. The quantitative estimate of drug-likeness (QED) is 0.468. The minimum Gasteiger partial charge on any atom is -0.444 e. The molecule has 0 unspecified atom stereocenters. The first-order chi connectivity index (χ1) is 15.1. The van der Waals surface area contributed by atoms with Crippen LogP contribution in [0.1, 0.15) is 70.6 Å². The molecule has 32 heavy (non-hydrogen) atoms. The highest BCUT2D eigenvalue weighted by atomic mass is 35.5. The topological polar surface area (TPSA) is 64.8 Å². The van der Waals surface area contributed by atoms with Crippen LogP contribution in [0.5, 0.6) is 0 Å². The van der Waals surface area contributed by atoms with E-state index < -0.39 is 5.60 Å². The van der Waals surface area contributed by atoms with E-state index in [2.05, 4.69) is 5.16 Å². The fourth-order valence-corrected chi connectivity index (χ4v) is 4.70. The number of hydrogen-bond acceptors (Lipinski definition) is 5. The number of piperidine rings is 1. The van der Waals surface area contributed by atoms with Gasteiger partial charge in [-0.3, -0.25) is 0 Å². The molecule has 1 saturated carbocycles. The van der Waals surface area contributed by atoms with Crippen LogP contribution in [0.25, 0.3) is 11.3 Å². The zero-order valence-electron chi connectivity index (χ0n) is 19.0. The van der Waals surface area contributed by atoms with Gasteiger partial charge in [0.2, 0.25) is 0 Å². The van der Waals surface area contributed by atoms with Crippen LogP contribution < -0.4 is 0 Å². The van der Waals surface area contributed by atoms with Gasteiger partial charge in [-0.25, -0.2) is 4.79 Å². The van der Waals surface area contributed by atoms with Gasteiger partial charge in [0.1, 0.15) is 17.1 Å². The van der Waals surface area contributed by atoms with Crippen molar-refractivity contribution in [3.8, 4) is 11.3 Å². The predicted molar refractivity (Wildman–Crippen MR) is 124 cm³/mol. The maximum absolute atomic E-state index is 12.5. The Kier molecular flexibility index (Phi) is 6.76. The van der Waals surface area contributed by atoms with Crippen molar-refractivity contribution in [2.75, 3.05) is 6.54 Å². The van der Waals surface area contributed by atoms with Crippen molar-refractivity contribution in [1.82, 2.24) is 10.1 Å². The van der Waals surface area contributed by atoms with Gasteiger partial charge < -0.3 is 18.9 Å². The third-order valence-corrected chi connectivity index (χ3v) is 6.52. The Balaban J connectivity index is 1.46. The first-order valence-electron chi connectivity index (χ1n) is 11.2. The average Bonchev–Trinajstić information content (AvgIpc) is 3.46. The van der Waals surface area contributed by atoms with Crippen LogP contribution in [-0.2, 0) is 16.1 Å². The summed E-state index contributed by atoms with van der Waals surface area (Å²) >= 11 is 12.9. The van der Waals surface area contributed by atoms with Gasteiger partial charge in [-0.1, -0.05) is 34.4 Å². The van der Waals surface area contributed by atoms with E-state index >= 15 is 0 Å². The molecule has 1 aromatic carbocycles. The van der Waals surface area contributed by atoms with Gasteiger partial charge in [-0.15, -0.1) is 0 Å². The number of likely N-dealkylation sites (tertiary alicyclic amines) is 1. The molecule has 174 valence electrons. The van der Waals surface area contributed by atoms with Crippen molar-refractivity contribution in [2.24, 2.45) is 0 Å². The van der Waals surface area contributed by atoms with Gasteiger partial charge >= 0.3 is 6.09 Å². The molecule has 1 aliphatic heterocycles. The molecular formula is C24H30Cl2N2O4. The third-order valence-electron chi connectivity index (χ3n) is 5.89. The first-order valence-corrected chi connectivity index (χ1v) is 11.9. The van der Waals surface area contributed by atoms with Gasteiger partial charge in [-0.05, 0) is 65.5 Å². The number of rotatable bonds is 5. The van der Waals surface area contributed by atoms with Crippen molar-refractivity contribution >= 4 is 29.3 Å². The molecule has 1 amide bonds. The number of halogens is 2. The lowest BCUT2D eigenvalue weighted by molar-refractivity contribution is -0.0331. The number of carbonyl (C=O) groups is 1. The third kappa shape index (κ3) is 5.24. The summed E-state index contributed by atoms with van der Waals surface area (Å²) in [5.41, 5.74) is 1.75. The van der Waals surface area contributed by atoms with Crippen LogP contribution >= 0.6 is 23.2 Å². The average molecular weight is 481 g/mol. The number of amides is 1. The molecule has 1 aliphatic carbocycles. The second kappa shape index (κ2) is 9.24. The van der Waals surface area contributed by atoms with E-state index in [4.69, 9.17) is 37.2 Å². The zero-order chi connectivity index (χ0) is 23.0. The lowest BCUT2D eigenvalue weighted by atomic mass is 10.0. The molecule has 1 saturated heterocycles. The van der Waals surface area contributed by atoms with Crippen molar-refractivity contribution in [1.29, 1.82) is 0 Å². The molecular weight excluding hydrogens is 451 g/mol. The summed E-state index contributed by atoms with van der Waals surface area (Å²) in [7, 11) is 0. The van der Waals surface area contributed by atoms with Crippen LogP contribution in [-0.4, -0.2) is 40.4 Å². The Morgan fingerprint density at radius 1 is 1.22 bits per heavy atom. The summed E-state index contributed by atoms with van der Waals surface area (Å²) in [6, 6.07) is 5.44. The highest BCUT2D eigenvalue weighted by molar-refractivity contribution is 6.39. The molecule has 8 heteroatoms. The van der Waals surface area contributed by atoms with E-state index in [1.54, 1.807) is 17.0 Å². The summed E-state index contributed by atoms with van der Waals surface area (Å²) in [5.74, 6) is 1.25. The fourth-order valence-electron chi connectivity index (χ4n) is 4.12. The second-order valence-corrected chi connectivity index (χ2v) is 10.5. The van der Waals surface area contributed by atoms with Crippen LogP contribution in [0.4, 0.5) is 4.79 Å². The fraction of sp³-hybridized carbons (Fsp3) is 0.583. The number of aromatic nitrogens is 1. The molecule has 0 bridgehead atoms. The van der Waals surface area contributed by atoms with Crippen LogP contribution in [0.3, 0.4) is 0 Å². The van der Waals surface area contributed by atoms with Crippen molar-refractivity contribution < 1.29 is 18.8 Å². The van der Waals surface area contributed by atoms with Gasteiger partial charge in [0.15, 0.2) is 0 Å². The number of benzene rings is 1. The zero-order valence-corrected chi connectivity index (χ0v) is 20.5. The summed E-state index contributed by atoms with van der Waals surface area (Å²) < 4.78 is 17.6. The molecule has 0 N–H and O–H groups in total. The van der Waals surface area contributed by atoms with Crippen molar-refractivity contribution in [2.45, 2.75) is 83.6 Å². The predicted octanol–water partition coefficient (Wildman–Crippen LogP) is 6.83. The molecule has 2 heterocycles. The molecule has 4 rings (SSSR count). The van der Waals surface area contributed by atoms with Crippen molar-refractivity contribution in [3.63, 3.8) is 0 Å². The molecule has 0 radical (unpaired) electrons. The summed E-state index contributed by atoms with van der Waals surface area (Å²) in [4.78, 5) is 14.3.